The van der Waals surface area contributed by atoms with E-state index in [1.807, 2.05) is 18.3 Å². The van der Waals surface area contributed by atoms with E-state index in [2.05, 4.69) is 29.4 Å². The molecule has 1 unspecified atom stereocenters. The van der Waals surface area contributed by atoms with Crippen molar-refractivity contribution >= 4 is 16.5 Å². The lowest BCUT2D eigenvalue weighted by Gasteiger charge is -2.14. The SMILES string of the molecule is CC(CN)Nc1cccc2cnccc12. The van der Waals surface area contributed by atoms with Gasteiger partial charge in [0.1, 0.15) is 0 Å². The summed E-state index contributed by atoms with van der Waals surface area (Å²) in [6, 6.07) is 8.44. The Bertz CT molecular complexity index is 448. The monoisotopic (exact) mass is 201 g/mol. The van der Waals surface area contributed by atoms with Gasteiger partial charge in [-0.2, -0.15) is 0 Å². The highest BCUT2D eigenvalue weighted by Gasteiger charge is 2.02. The van der Waals surface area contributed by atoms with Crippen molar-refractivity contribution in [1.82, 2.24) is 4.98 Å². The van der Waals surface area contributed by atoms with E-state index in [9.17, 15) is 0 Å². The van der Waals surface area contributed by atoms with Crippen LogP contribution in [0.5, 0.6) is 0 Å². The number of fused-ring (bicyclic) bond motifs is 1. The van der Waals surface area contributed by atoms with Gasteiger partial charge in [-0.1, -0.05) is 12.1 Å². The van der Waals surface area contributed by atoms with Gasteiger partial charge in [0.25, 0.3) is 0 Å². The third-order valence-electron chi connectivity index (χ3n) is 2.44. The third-order valence-corrected chi connectivity index (χ3v) is 2.44. The zero-order valence-electron chi connectivity index (χ0n) is 8.77. The molecule has 0 aliphatic heterocycles. The molecule has 78 valence electrons. The molecule has 3 nitrogen and oxygen atoms in total. The number of nitrogens with two attached hydrogens (primary N) is 1. The fourth-order valence-electron chi connectivity index (χ4n) is 1.57. The number of pyridine rings is 1. The van der Waals surface area contributed by atoms with Gasteiger partial charge in [-0.3, -0.25) is 4.98 Å². The minimum Gasteiger partial charge on any atom is -0.381 e. The van der Waals surface area contributed by atoms with Crippen LogP contribution < -0.4 is 11.1 Å². The second-order valence-electron chi connectivity index (χ2n) is 3.68. The summed E-state index contributed by atoms with van der Waals surface area (Å²) in [6.45, 7) is 2.70. The van der Waals surface area contributed by atoms with Crippen molar-refractivity contribution in [2.75, 3.05) is 11.9 Å². The highest BCUT2D eigenvalue weighted by atomic mass is 14.9. The Labute approximate surface area is 89.3 Å². The van der Waals surface area contributed by atoms with Crippen LogP contribution in [0.1, 0.15) is 6.92 Å². The zero-order chi connectivity index (χ0) is 10.7. The Kier molecular flexibility index (Phi) is 2.83. The number of nitrogens with one attached hydrogen (secondary N) is 1. The van der Waals surface area contributed by atoms with Crippen LogP contribution in [-0.2, 0) is 0 Å². The van der Waals surface area contributed by atoms with Crippen molar-refractivity contribution in [1.29, 1.82) is 0 Å². The van der Waals surface area contributed by atoms with Crippen molar-refractivity contribution in [2.24, 2.45) is 5.73 Å². The number of anilines is 1. The molecule has 0 spiro atoms. The second-order valence-corrected chi connectivity index (χ2v) is 3.68. The fraction of sp³-hybridized carbons (Fsp3) is 0.250. The smallest absolute Gasteiger partial charge is 0.0423 e. The Morgan fingerprint density at radius 2 is 2.27 bits per heavy atom. The standard InChI is InChI=1S/C12H15N3/c1-9(7-13)15-12-4-2-3-10-8-14-6-5-11(10)12/h2-6,8-9,15H,7,13H2,1H3. The number of hydrogen-bond acceptors (Lipinski definition) is 3. The van der Waals surface area contributed by atoms with E-state index in [-0.39, 0.29) is 6.04 Å². The van der Waals surface area contributed by atoms with Gasteiger partial charge in [-0.05, 0) is 19.1 Å². The maximum Gasteiger partial charge on any atom is 0.0423 e. The summed E-state index contributed by atoms with van der Waals surface area (Å²) >= 11 is 0. The van der Waals surface area contributed by atoms with Crippen LogP contribution in [0.15, 0.2) is 36.7 Å². The lowest BCUT2D eigenvalue weighted by molar-refractivity contribution is 0.805. The Hall–Kier alpha value is -1.61. The molecule has 3 heteroatoms. The highest BCUT2D eigenvalue weighted by molar-refractivity contribution is 5.93. The molecule has 0 amide bonds. The summed E-state index contributed by atoms with van der Waals surface area (Å²) in [5.74, 6) is 0. The third kappa shape index (κ3) is 2.07. The van der Waals surface area contributed by atoms with Gasteiger partial charge in [-0.15, -0.1) is 0 Å². The average Bonchev–Trinajstić information content (AvgIpc) is 2.29. The van der Waals surface area contributed by atoms with Crippen LogP contribution >= 0.6 is 0 Å². The molecule has 0 fully saturated rings. The van der Waals surface area contributed by atoms with E-state index < -0.39 is 0 Å². The Morgan fingerprint density at radius 1 is 1.40 bits per heavy atom. The molecule has 0 radical (unpaired) electrons. The molecule has 0 aliphatic carbocycles. The summed E-state index contributed by atoms with van der Waals surface area (Å²) in [4.78, 5) is 4.10. The molecule has 2 aromatic rings. The van der Waals surface area contributed by atoms with Crippen LogP contribution in [0.25, 0.3) is 10.8 Å². The number of rotatable bonds is 3. The maximum atomic E-state index is 5.59. The first kappa shape index (κ1) is 9.93. The summed E-state index contributed by atoms with van der Waals surface area (Å²) in [5.41, 5.74) is 6.71. The molecule has 1 aromatic carbocycles. The minimum atomic E-state index is 0.281. The highest BCUT2D eigenvalue weighted by Crippen LogP contribution is 2.22. The maximum absolute atomic E-state index is 5.59. The van der Waals surface area contributed by atoms with E-state index >= 15 is 0 Å². The van der Waals surface area contributed by atoms with Gasteiger partial charge in [0.15, 0.2) is 0 Å². The van der Waals surface area contributed by atoms with Crippen LogP contribution in [0, 0.1) is 0 Å². The lowest BCUT2D eigenvalue weighted by atomic mass is 10.1. The van der Waals surface area contributed by atoms with Gasteiger partial charge in [0, 0.05) is 41.4 Å². The summed E-state index contributed by atoms with van der Waals surface area (Å²) in [5, 5.41) is 5.71. The van der Waals surface area contributed by atoms with Gasteiger partial charge in [-0.25, -0.2) is 0 Å². The molecule has 0 saturated heterocycles. The van der Waals surface area contributed by atoms with Crippen LogP contribution in [0.3, 0.4) is 0 Å². The summed E-state index contributed by atoms with van der Waals surface area (Å²) in [7, 11) is 0. The number of hydrogen-bond donors (Lipinski definition) is 2. The van der Waals surface area contributed by atoms with Crippen LogP contribution in [0.4, 0.5) is 5.69 Å². The van der Waals surface area contributed by atoms with Gasteiger partial charge < -0.3 is 11.1 Å². The molecule has 1 heterocycles. The second kappa shape index (κ2) is 4.28. The molecule has 1 atom stereocenters. The first-order valence-electron chi connectivity index (χ1n) is 5.10. The van der Waals surface area contributed by atoms with E-state index in [1.165, 1.54) is 5.39 Å². The normalized spacial score (nSPS) is 12.7. The van der Waals surface area contributed by atoms with E-state index in [0.717, 1.165) is 11.1 Å². The Balaban J connectivity index is 2.42. The predicted molar refractivity (Wildman–Crippen MR) is 63.9 cm³/mol. The minimum absolute atomic E-state index is 0.281. The summed E-state index contributed by atoms with van der Waals surface area (Å²) in [6.07, 6.45) is 3.67. The molecule has 2 rings (SSSR count). The van der Waals surface area contributed by atoms with E-state index in [0.29, 0.717) is 6.54 Å². The molecule has 1 aromatic heterocycles. The van der Waals surface area contributed by atoms with Gasteiger partial charge in [0.05, 0.1) is 0 Å². The van der Waals surface area contributed by atoms with Crippen LogP contribution in [0.2, 0.25) is 0 Å². The van der Waals surface area contributed by atoms with Crippen molar-refractivity contribution in [3.05, 3.63) is 36.7 Å². The number of nitrogens with zero attached hydrogens (tertiary/aromatic N) is 1. The van der Waals surface area contributed by atoms with Crippen molar-refractivity contribution < 1.29 is 0 Å². The number of aromatic nitrogens is 1. The molecular weight excluding hydrogens is 186 g/mol. The average molecular weight is 201 g/mol. The summed E-state index contributed by atoms with van der Waals surface area (Å²) < 4.78 is 0. The first-order chi connectivity index (χ1) is 7.31. The van der Waals surface area contributed by atoms with Crippen molar-refractivity contribution in [3.8, 4) is 0 Å². The molecule has 0 bridgehead atoms. The lowest BCUT2D eigenvalue weighted by Crippen LogP contribution is -2.25. The van der Waals surface area contributed by atoms with Gasteiger partial charge >= 0.3 is 0 Å². The Morgan fingerprint density at radius 3 is 3.07 bits per heavy atom. The number of benzene rings is 1. The van der Waals surface area contributed by atoms with Crippen LogP contribution in [-0.4, -0.2) is 17.6 Å². The van der Waals surface area contributed by atoms with Gasteiger partial charge in [0.2, 0.25) is 0 Å². The van der Waals surface area contributed by atoms with Crippen molar-refractivity contribution in [3.63, 3.8) is 0 Å². The molecule has 3 N–H and O–H groups in total. The van der Waals surface area contributed by atoms with E-state index in [1.54, 1.807) is 6.20 Å². The quantitative estimate of drug-likeness (QED) is 0.798. The van der Waals surface area contributed by atoms with Crippen molar-refractivity contribution in [2.45, 2.75) is 13.0 Å². The molecular formula is C12H15N3. The topological polar surface area (TPSA) is 50.9 Å². The fourth-order valence-corrected chi connectivity index (χ4v) is 1.57. The first-order valence-corrected chi connectivity index (χ1v) is 5.10. The zero-order valence-corrected chi connectivity index (χ0v) is 8.77. The molecule has 15 heavy (non-hydrogen) atoms. The largest absolute Gasteiger partial charge is 0.381 e. The predicted octanol–water partition coefficient (Wildman–Crippen LogP) is 1.99. The molecule has 0 saturated carbocycles. The van der Waals surface area contributed by atoms with E-state index in [4.69, 9.17) is 5.73 Å². The molecule has 0 aliphatic rings.